The highest BCUT2D eigenvalue weighted by Crippen LogP contribution is 2.34. The van der Waals surface area contributed by atoms with Crippen molar-refractivity contribution in [2.75, 3.05) is 25.1 Å². The Labute approximate surface area is 120 Å². The molecule has 0 radical (unpaired) electrons. The lowest BCUT2D eigenvalue weighted by Crippen LogP contribution is -2.41. The van der Waals surface area contributed by atoms with Gasteiger partial charge in [0.15, 0.2) is 0 Å². The van der Waals surface area contributed by atoms with E-state index in [1.807, 2.05) is 18.2 Å². The van der Waals surface area contributed by atoms with Crippen molar-refractivity contribution >= 4 is 11.6 Å². The van der Waals surface area contributed by atoms with Crippen LogP contribution in [0.25, 0.3) is 0 Å². The molecule has 0 spiro atoms. The van der Waals surface area contributed by atoms with E-state index in [1.165, 1.54) is 11.3 Å². The Kier molecular flexibility index (Phi) is 4.65. The average molecular weight is 276 g/mol. The molecule has 1 heterocycles. The second kappa shape index (κ2) is 6.27. The molecule has 0 aromatic heterocycles. The van der Waals surface area contributed by atoms with Crippen molar-refractivity contribution in [1.82, 2.24) is 5.32 Å². The summed E-state index contributed by atoms with van der Waals surface area (Å²) in [7, 11) is 2.13. The fourth-order valence-electron chi connectivity index (χ4n) is 3.23. The molecule has 2 atom stereocenters. The molecule has 2 N–H and O–H groups in total. The van der Waals surface area contributed by atoms with Gasteiger partial charge in [-0.3, -0.25) is 4.79 Å². The molecule has 1 unspecified atom stereocenters. The number of nitrogens with zero attached hydrogens (tertiary/aromatic N) is 1. The van der Waals surface area contributed by atoms with E-state index >= 15 is 0 Å². The fraction of sp³-hybridized carbons (Fsp3) is 0.562. The highest BCUT2D eigenvalue weighted by Gasteiger charge is 2.28. The van der Waals surface area contributed by atoms with Gasteiger partial charge < -0.3 is 15.3 Å². The number of fused-ring (bicyclic) bond motifs is 1. The summed E-state index contributed by atoms with van der Waals surface area (Å²) < 4.78 is 0. The molecule has 0 fully saturated rings. The smallest absolute Gasteiger partial charge is 0.251 e. The molecule has 0 saturated heterocycles. The highest BCUT2D eigenvalue weighted by molar-refractivity contribution is 5.95. The Morgan fingerprint density at radius 3 is 2.90 bits per heavy atom. The van der Waals surface area contributed by atoms with Gasteiger partial charge >= 0.3 is 0 Å². The van der Waals surface area contributed by atoms with Gasteiger partial charge in [0.05, 0.1) is 6.61 Å². The lowest BCUT2D eigenvalue weighted by molar-refractivity contribution is 0.0944. The summed E-state index contributed by atoms with van der Waals surface area (Å²) in [5.41, 5.74) is 3.14. The summed E-state index contributed by atoms with van der Waals surface area (Å²) in [5.74, 6) is 0.475. The first kappa shape index (κ1) is 14.9. The van der Waals surface area contributed by atoms with Gasteiger partial charge in [0.1, 0.15) is 0 Å². The first-order valence-electron chi connectivity index (χ1n) is 7.33. The molecular weight excluding hydrogens is 252 g/mol. The number of hydrogen-bond donors (Lipinski definition) is 2. The van der Waals surface area contributed by atoms with Gasteiger partial charge in [0.2, 0.25) is 0 Å². The topological polar surface area (TPSA) is 52.6 Å². The first-order valence-corrected chi connectivity index (χ1v) is 7.33. The van der Waals surface area contributed by atoms with Crippen LogP contribution in [0.1, 0.15) is 36.2 Å². The summed E-state index contributed by atoms with van der Waals surface area (Å²) in [6.07, 6.45) is 2.15. The van der Waals surface area contributed by atoms with Crippen molar-refractivity contribution in [1.29, 1.82) is 0 Å². The molecule has 0 saturated carbocycles. The maximum absolute atomic E-state index is 11.9. The molecule has 1 aliphatic heterocycles. The number of carbonyl (C=O) groups excluding carboxylic acids is 1. The van der Waals surface area contributed by atoms with E-state index in [0.717, 1.165) is 12.8 Å². The second-order valence-corrected chi connectivity index (χ2v) is 5.59. The highest BCUT2D eigenvalue weighted by atomic mass is 16.3. The molecule has 20 heavy (non-hydrogen) atoms. The third-order valence-electron chi connectivity index (χ3n) is 4.23. The largest absolute Gasteiger partial charge is 0.395 e. The van der Waals surface area contributed by atoms with Gasteiger partial charge in [0, 0.05) is 30.9 Å². The summed E-state index contributed by atoms with van der Waals surface area (Å²) in [6, 6.07) is 6.46. The van der Waals surface area contributed by atoms with Crippen LogP contribution in [0.15, 0.2) is 18.2 Å². The summed E-state index contributed by atoms with van der Waals surface area (Å²) >= 11 is 0. The lowest BCUT2D eigenvalue weighted by Gasteiger charge is -2.40. The van der Waals surface area contributed by atoms with Crippen molar-refractivity contribution < 1.29 is 9.90 Å². The monoisotopic (exact) mass is 276 g/mol. The maximum Gasteiger partial charge on any atom is 0.251 e. The molecule has 2 rings (SSSR count). The minimum Gasteiger partial charge on any atom is -0.395 e. The van der Waals surface area contributed by atoms with E-state index in [2.05, 4.69) is 31.1 Å². The number of amides is 1. The predicted molar refractivity (Wildman–Crippen MR) is 81.2 cm³/mol. The molecule has 4 nitrogen and oxygen atoms in total. The number of carbonyl (C=O) groups is 1. The summed E-state index contributed by atoms with van der Waals surface area (Å²) in [6.45, 7) is 4.75. The third kappa shape index (κ3) is 2.80. The van der Waals surface area contributed by atoms with Gasteiger partial charge in [-0.05, 0) is 42.5 Å². The van der Waals surface area contributed by atoms with Crippen molar-refractivity contribution in [2.45, 2.75) is 32.7 Å². The number of hydrogen-bond acceptors (Lipinski definition) is 3. The Morgan fingerprint density at radius 2 is 2.25 bits per heavy atom. The van der Waals surface area contributed by atoms with Crippen molar-refractivity contribution in [3.05, 3.63) is 29.3 Å². The zero-order chi connectivity index (χ0) is 14.7. The SMILES string of the molecule is CC[C@H]1C(C)Cc2cc(C(=O)NCCO)ccc2N1C. The molecule has 1 aliphatic rings. The zero-order valence-corrected chi connectivity index (χ0v) is 12.5. The Bertz CT molecular complexity index is 487. The summed E-state index contributed by atoms with van der Waals surface area (Å²) in [4.78, 5) is 14.3. The van der Waals surface area contributed by atoms with Crippen LogP contribution in [-0.4, -0.2) is 37.3 Å². The van der Waals surface area contributed by atoms with Crippen LogP contribution in [0.2, 0.25) is 0 Å². The summed E-state index contributed by atoms with van der Waals surface area (Å²) in [5, 5.41) is 11.5. The number of rotatable bonds is 4. The van der Waals surface area contributed by atoms with Crippen molar-refractivity contribution in [3.8, 4) is 0 Å². The lowest BCUT2D eigenvalue weighted by atomic mass is 9.85. The van der Waals surface area contributed by atoms with Crippen LogP contribution >= 0.6 is 0 Å². The molecular formula is C16H24N2O2. The normalized spacial score (nSPS) is 21.5. The molecule has 4 heteroatoms. The molecule has 1 aromatic rings. The fourth-order valence-corrected chi connectivity index (χ4v) is 3.23. The van der Waals surface area contributed by atoms with Crippen molar-refractivity contribution in [3.63, 3.8) is 0 Å². The van der Waals surface area contributed by atoms with Crippen LogP contribution < -0.4 is 10.2 Å². The molecule has 110 valence electrons. The van der Waals surface area contributed by atoms with Crippen LogP contribution in [0.4, 0.5) is 5.69 Å². The number of anilines is 1. The van der Waals surface area contributed by atoms with Crippen molar-refractivity contribution in [2.24, 2.45) is 5.92 Å². The van der Waals surface area contributed by atoms with Gasteiger partial charge in [-0.2, -0.15) is 0 Å². The van der Waals surface area contributed by atoms with Gasteiger partial charge in [0.25, 0.3) is 5.91 Å². The van der Waals surface area contributed by atoms with Gasteiger partial charge in [-0.1, -0.05) is 13.8 Å². The van der Waals surface area contributed by atoms with E-state index in [1.54, 1.807) is 0 Å². The van der Waals surface area contributed by atoms with E-state index < -0.39 is 0 Å². The molecule has 0 bridgehead atoms. The minimum absolute atomic E-state index is 0.0331. The predicted octanol–water partition coefficient (Wildman–Crippen LogP) is 1.82. The van der Waals surface area contributed by atoms with E-state index in [4.69, 9.17) is 5.11 Å². The second-order valence-electron chi connectivity index (χ2n) is 5.59. The maximum atomic E-state index is 11.9. The number of aliphatic hydroxyl groups excluding tert-OH is 1. The van der Waals surface area contributed by atoms with E-state index in [-0.39, 0.29) is 12.5 Å². The average Bonchev–Trinajstić information content (AvgIpc) is 2.44. The molecule has 1 amide bonds. The van der Waals surface area contributed by atoms with E-state index in [0.29, 0.717) is 24.1 Å². The van der Waals surface area contributed by atoms with Gasteiger partial charge in [-0.15, -0.1) is 0 Å². The first-order chi connectivity index (χ1) is 9.58. The van der Waals surface area contributed by atoms with Crippen LogP contribution in [0.3, 0.4) is 0 Å². The Hall–Kier alpha value is -1.55. The minimum atomic E-state index is -0.116. The molecule has 1 aromatic carbocycles. The zero-order valence-electron chi connectivity index (χ0n) is 12.5. The van der Waals surface area contributed by atoms with Crippen LogP contribution in [0.5, 0.6) is 0 Å². The van der Waals surface area contributed by atoms with Crippen LogP contribution in [-0.2, 0) is 6.42 Å². The van der Waals surface area contributed by atoms with E-state index in [9.17, 15) is 4.79 Å². The van der Waals surface area contributed by atoms with Crippen LogP contribution in [0, 0.1) is 5.92 Å². The quantitative estimate of drug-likeness (QED) is 0.882. The molecule has 0 aliphatic carbocycles. The Balaban J connectivity index is 2.24. The Morgan fingerprint density at radius 1 is 1.50 bits per heavy atom. The number of nitrogens with one attached hydrogen (secondary N) is 1. The number of aliphatic hydroxyl groups is 1. The number of benzene rings is 1. The standard InChI is InChI=1S/C16H24N2O2/c1-4-14-11(2)9-13-10-12(16(20)17-7-8-19)5-6-15(13)18(14)3/h5-6,10-11,14,19H,4,7-9H2,1-3H3,(H,17,20)/t11?,14-/m0/s1. The third-order valence-corrected chi connectivity index (χ3v) is 4.23. The van der Waals surface area contributed by atoms with Gasteiger partial charge in [-0.25, -0.2) is 0 Å².